The highest BCUT2D eigenvalue weighted by Gasteiger charge is 2.32. The Kier molecular flexibility index (Phi) is 23.5. The molecule has 46 heavy (non-hydrogen) atoms. The topological polar surface area (TPSA) is 68.6 Å². The predicted molar refractivity (Wildman–Crippen MR) is 197 cm³/mol. The number of likely N-dealkylation sites (N-methyl/N-ethyl adjacent to an activating group) is 1. The Labute approximate surface area is 280 Å². The van der Waals surface area contributed by atoms with Crippen molar-refractivity contribution in [3.63, 3.8) is 0 Å². The Morgan fingerprint density at radius 3 is 2.37 bits per heavy atom. The maximum Gasteiger partial charge on any atom is 0.247 e. The minimum Gasteiger partial charge on any atom is -0.496 e. The van der Waals surface area contributed by atoms with Crippen LogP contribution in [0.3, 0.4) is 0 Å². The zero-order valence-corrected chi connectivity index (χ0v) is 29.3. The molecule has 2 rings (SSSR count). The van der Waals surface area contributed by atoms with Gasteiger partial charge in [0.15, 0.2) is 0 Å². The highest BCUT2D eigenvalue weighted by molar-refractivity contribution is 5.84. The molecule has 1 heterocycles. The van der Waals surface area contributed by atoms with E-state index in [-0.39, 0.29) is 11.9 Å². The molecule has 1 aromatic rings. The van der Waals surface area contributed by atoms with Gasteiger partial charge in [-0.1, -0.05) is 99.5 Å². The molecule has 0 bridgehead atoms. The van der Waals surface area contributed by atoms with Crippen molar-refractivity contribution in [3.8, 4) is 6.07 Å². The average molecular weight is 627 g/mol. The Balaban J connectivity index is 0.00000198. The normalized spacial score (nSPS) is 14.4. The molecule has 0 aromatic heterocycles. The van der Waals surface area contributed by atoms with E-state index in [0.29, 0.717) is 19.2 Å². The summed E-state index contributed by atoms with van der Waals surface area (Å²) in [7, 11) is 0. The van der Waals surface area contributed by atoms with Crippen LogP contribution < -0.4 is 5.32 Å². The molecule has 1 aromatic carbocycles. The summed E-state index contributed by atoms with van der Waals surface area (Å²) >= 11 is 0. The number of benzene rings is 1. The van der Waals surface area contributed by atoms with E-state index in [0.717, 1.165) is 50.2 Å². The Morgan fingerprint density at radius 2 is 1.83 bits per heavy atom. The fourth-order valence-electron chi connectivity index (χ4n) is 4.86. The van der Waals surface area contributed by atoms with Crippen molar-refractivity contribution in [2.24, 2.45) is 0 Å². The monoisotopic (exact) mass is 626 g/mol. The first-order valence-electron chi connectivity index (χ1n) is 16.1. The molecule has 1 atom stereocenters. The summed E-state index contributed by atoms with van der Waals surface area (Å²) in [5, 5.41) is 10.5. The van der Waals surface area contributed by atoms with Gasteiger partial charge in [0.1, 0.15) is 11.8 Å². The zero-order chi connectivity index (χ0) is 34.7. The third-order valence-electron chi connectivity index (χ3n) is 7.16. The highest BCUT2D eigenvalue weighted by Crippen LogP contribution is 2.32. The van der Waals surface area contributed by atoms with Crippen molar-refractivity contribution in [2.75, 3.05) is 32.8 Å². The third kappa shape index (κ3) is 16.7. The van der Waals surface area contributed by atoms with Crippen molar-refractivity contribution >= 4 is 5.91 Å². The standard InChI is InChI=1S/C32H47N3O2.C6H8.C2H3N/c1-8-12-14-27(10-3)22-28-15-16-30-29(23-28)17-19-35(24-26(7)37-21-13-9-2)31(30)32(36)33-18-20-34(11-4)25(5)6;1-3-5-6-4-2;1-2-3/h8-10,12,14-16,23-25,31H,1-2,11,13,17-22H2,3-7H3,(H,33,36);3-6H,1-2H2;1H3/b14-12-,26-24+,27-10+;6-5-;. The molecule has 250 valence electrons. The van der Waals surface area contributed by atoms with E-state index in [1.807, 2.05) is 37.4 Å². The molecular weight excluding hydrogens is 568 g/mol. The van der Waals surface area contributed by atoms with E-state index < -0.39 is 0 Å². The van der Waals surface area contributed by atoms with Crippen LogP contribution in [0.15, 0.2) is 117 Å². The van der Waals surface area contributed by atoms with E-state index in [4.69, 9.17) is 10.00 Å². The largest absolute Gasteiger partial charge is 0.496 e. The molecule has 1 aliphatic heterocycles. The van der Waals surface area contributed by atoms with Gasteiger partial charge in [0.05, 0.1) is 12.7 Å². The van der Waals surface area contributed by atoms with Gasteiger partial charge in [0, 0.05) is 38.8 Å². The molecule has 0 radical (unpaired) electrons. The van der Waals surface area contributed by atoms with Gasteiger partial charge >= 0.3 is 0 Å². The highest BCUT2D eigenvalue weighted by atomic mass is 16.5. The van der Waals surface area contributed by atoms with Gasteiger partial charge in [-0.15, -0.1) is 6.58 Å². The lowest BCUT2D eigenvalue weighted by Gasteiger charge is -2.36. The number of carbonyl (C=O) groups is 1. The van der Waals surface area contributed by atoms with Crippen molar-refractivity contribution < 1.29 is 9.53 Å². The van der Waals surface area contributed by atoms with Gasteiger partial charge in [0.2, 0.25) is 5.91 Å². The van der Waals surface area contributed by atoms with E-state index >= 15 is 0 Å². The van der Waals surface area contributed by atoms with Crippen LogP contribution in [0.2, 0.25) is 0 Å². The van der Waals surface area contributed by atoms with Crippen molar-refractivity contribution in [1.29, 1.82) is 5.26 Å². The number of hydrogen-bond acceptors (Lipinski definition) is 5. The van der Waals surface area contributed by atoms with Crippen LogP contribution >= 0.6 is 0 Å². The lowest BCUT2D eigenvalue weighted by Crippen LogP contribution is -2.45. The number of nitrogens with zero attached hydrogens (tertiary/aromatic N) is 3. The lowest BCUT2D eigenvalue weighted by molar-refractivity contribution is -0.126. The van der Waals surface area contributed by atoms with Gasteiger partial charge in [0.25, 0.3) is 0 Å². The summed E-state index contributed by atoms with van der Waals surface area (Å²) in [6.45, 7) is 30.2. The number of fused-ring (bicyclic) bond motifs is 1. The first-order chi connectivity index (χ1) is 22.2. The Hall–Kier alpha value is -4.34. The van der Waals surface area contributed by atoms with Gasteiger partial charge in [-0.05, 0) is 75.8 Å². The van der Waals surface area contributed by atoms with Crippen LogP contribution in [0.25, 0.3) is 0 Å². The molecule has 1 N–H and O–H groups in total. The summed E-state index contributed by atoms with van der Waals surface area (Å²) in [6.07, 6.45) is 21.4. The van der Waals surface area contributed by atoms with Crippen LogP contribution in [0.4, 0.5) is 0 Å². The second-order valence-corrected chi connectivity index (χ2v) is 10.8. The number of allylic oxidation sites excluding steroid dienone is 10. The molecule has 6 nitrogen and oxygen atoms in total. The average Bonchev–Trinajstić information content (AvgIpc) is 3.04. The molecule has 0 fully saturated rings. The molecule has 1 amide bonds. The summed E-state index contributed by atoms with van der Waals surface area (Å²) in [6, 6.07) is 8.38. The molecule has 0 saturated carbocycles. The van der Waals surface area contributed by atoms with Gasteiger partial charge < -0.3 is 15.0 Å². The number of nitriles is 1. The summed E-state index contributed by atoms with van der Waals surface area (Å²) in [5.74, 6) is 0.843. The molecular formula is C40H58N4O2. The van der Waals surface area contributed by atoms with Crippen molar-refractivity contribution in [2.45, 2.75) is 72.9 Å². The molecule has 0 spiro atoms. The van der Waals surface area contributed by atoms with Crippen molar-refractivity contribution in [1.82, 2.24) is 15.1 Å². The predicted octanol–water partition coefficient (Wildman–Crippen LogP) is 8.56. The van der Waals surface area contributed by atoms with Gasteiger partial charge in [-0.25, -0.2) is 0 Å². The summed E-state index contributed by atoms with van der Waals surface area (Å²) in [4.78, 5) is 18.1. The number of nitrogens with one attached hydrogen (secondary N) is 1. The van der Waals surface area contributed by atoms with Crippen LogP contribution in [0.1, 0.15) is 70.7 Å². The number of hydrogen-bond donors (Lipinski definition) is 1. The second-order valence-electron chi connectivity index (χ2n) is 10.8. The van der Waals surface area contributed by atoms with E-state index in [2.05, 4.69) is 99.5 Å². The number of amides is 1. The second kappa shape index (κ2) is 25.9. The van der Waals surface area contributed by atoms with E-state index in [1.54, 1.807) is 24.3 Å². The quantitative estimate of drug-likeness (QED) is 0.0812. The zero-order valence-electron chi connectivity index (χ0n) is 29.3. The Bertz CT molecular complexity index is 1240. The van der Waals surface area contributed by atoms with Gasteiger partial charge in [-0.2, -0.15) is 5.26 Å². The third-order valence-corrected chi connectivity index (χ3v) is 7.16. The van der Waals surface area contributed by atoms with Crippen LogP contribution in [0.5, 0.6) is 0 Å². The van der Waals surface area contributed by atoms with Crippen LogP contribution in [-0.4, -0.2) is 54.5 Å². The lowest BCUT2D eigenvalue weighted by atomic mass is 9.89. The van der Waals surface area contributed by atoms with Crippen LogP contribution in [-0.2, 0) is 22.4 Å². The smallest absolute Gasteiger partial charge is 0.247 e. The Morgan fingerprint density at radius 1 is 1.17 bits per heavy atom. The number of ether oxygens (including phenoxy) is 1. The first kappa shape index (κ1) is 41.7. The van der Waals surface area contributed by atoms with E-state index in [1.165, 1.54) is 23.6 Å². The van der Waals surface area contributed by atoms with E-state index in [9.17, 15) is 4.79 Å². The first-order valence-corrected chi connectivity index (χ1v) is 16.1. The molecule has 6 heteroatoms. The summed E-state index contributed by atoms with van der Waals surface area (Å²) in [5.41, 5.74) is 4.81. The number of carbonyl (C=O) groups excluding carboxylic acids is 1. The van der Waals surface area contributed by atoms with Crippen LogP contribution in [0, 0.1) is 11.3 Å². The number of rotatable bonds is 17. The maximum absolute atomic E-state index is 13.6. The molecule has 1 unspecified atom stereocenters. The van der Waals surface area contributed by atoms with Crippen molar-refractivity contribution in [3.05, 3.63) is 133 Å². The fourth-order valence-corrected chi connectivity index (χ4v) is 4.86. The molecule has 0 saturated heterocycles. The maximum atomic E-state index is 13.6. The minimum absolute atomic E-state index is 0.0340. The fraction of sp³-hybridized carbons (Fsp3) is 0.400. The molecule has 0 aliphatic carbocycles. The van der Waals surface area contributed by atoms with Gasteiger partial charge in [-0.3, -0.25) is 9.69 Å². The SMILES string of the molecule is C=C/C=C\C(=C/C)Cc1ccc2c(c1)CCN(/C=C(\C)OCCC=C)C2C(=O)NCCN(CC)C(C)C.C=C/C=C\C=C.CC#N. The summed E-state index contributed by atoms with van der Waals surface area (Å²) < 4.78 is 5.85. The minimum atomic E-state index is -0.383. The molecule has 1 aliphatic rings.